The van der Waals surface area contributed by atoms with Gasteiger partial charge in [0.1, 0.15) is 5.82 Å². The smallest absolute Gasteiger partial charge is 0.125 e. The van der Waals surface area contributed by atoms with E-state index in [1.807, 2.05) is 6.07 Å². The van der Waals surface area contributed by atoms with E-state index < -0.39 is 0 Å². The van der Waals surface area contributed by atoms with Crippen molar-refractivity contribution in [3.8, 4) is 0 Å². The Morgan fingerprint density at radius 2 is 1.90 bits per heavy atom. The molecule has 0 spiro atoms. The number of nitrogen functional groups attached to an aromatic ring is 1. The van der Waals surface area contributed by atoms with Crippen molar-refractivity contribution in [2.45, 2.75) is 13.0 Å². The van der Waals surface area contributed by atoms with E-state index in [1.165, 1.54) is 17.7 Å². The SMILES string of the molecule is CN(CCCNc1cc(F)ccc1N)Cc1ccccc1. The second-order valence-corrected chi connectivity index (χ2v) is 5.24. The second kappa shape index (κ2) is 7.64. The van der Waals surface area contributed by atoms with Crippen molar-refractivity contribution in [2.24, 2.45) is 0 Å². The van der Waals surface area contributed by atoms with Gasteiger partial charge in [-0.25, -0.2) is 4.39 Å². The predicted molar refractivity (Wildman–Crippen MR) is 86.7 cm³/mol. The van der Waals surface area contributed by atoms with Crippen molar-refractivity contribution >= 4 is 11.4 Å². The molecule has 2 rings (SSSR count). The van der Waals surface area contributed by atoms with E-state index in [4.69, 9.17) is 5.73 Å². The lowest BCUT2D eigenvalue weighted by Gasteiger charge is -2.17. The first-order valence-corrected chi connectivity index (χ1v) is 7.16. The Hall–Kier alpha value is -2.07. The van der Waals surface area contributed by atoms with Crippen LogP contribution < -0.4 is 11.1 Å². The number of nitrogens with one attached hydrogen (secondary N) is 1. The van der Waals surface area contributed by atoms with E-state index in [2.05, 4.69) is 41.5 Å². The highest BCUT2D eigenvalue weighted by Gasteiger charge is 2.02. The van der Waals surface area contributed by atoms with E-state index in [0.717, 1.165) is 26.1 Å². The van der Waals surface area contributed by atoms with Crippen LogP contribution in [0.4, 0.5) is 15.8 Å². The van der Waals surface area contributed by atoms with Gasteiger partial charge in [0.2, 0.25) is 0 Å². The van der Waals surface area contributed by atoms with Gasteiger partial charge in [0, 0.05) is 13.1 Å². The molecular weight excluding hydrogens is 265 g/mol. The van der Waals surface area contributed by atoms with Gasteiger partial charge in [-0.15, -0.1) is 0 Å². The molecule has 0 aliphatic heterocycles. The van der Waals surface area contributed by atoms with Crippen molar-refractivity contribution < 1.29 is 4.39 Å². The van der Waals surface area contributed by atoms with Crippen LogP contribution in [0.5, 0.6) is 0 Å². The van der Waals surface area contributed by atoms with Gasteiger partial charge >= 0.3 is 0 Å². The molecule has 3 nitrogen and oxygen atoms in total. The Bertz CT molecular complexity index is 557. The summed E-state index contributed by atoms with van der Waals surface area (Å²) >= 11 is 0. The van der Waals surface area contributed by atoms with Gasteiger partial charge < -0.3 is 16.0 Å². The van der Waals surface area contributed by atoms with Gasteiger partial charge in [0.15, 0.2) is 0 Å². The Labute approximate surface area is 125 Å². The topological polar surface area (TPSA) is 41.3 Å². The average molecular weight is 287 g/mol. The molecule has 0 unspecified atom stereocenters. The molecule has 0 aliphatic rings. The molecule has 21 heavy (non-hydrogen) atoms. The van der Waals surface area contributed by atoms with Crippen LogP contribution in [0.2, 0.25) is 0 Å². The van der Waals surface area contributed by atoms with Crippen LogP contribution in [-0.2, 0) is 6.54 Å². The maximum Gasteiger partial charge on any atom is 0.125 e. The van der Waals surface area contributed by atoms with E-state index >= 15 is 0 Å². The largest absolute Gasteiger partial charge is 0.397 e. The van der Waals surface area contributed by atoms with Crippen LogP contribution in [0.25, 0.3) is 0 Å². The Balaban J connectivity index is 1.71. The number of hydrogen-bond donors (Lipinski definition) is 2. The number of rotatable bonds is 7. The van der Waals surface area contributed by atoms with Crippen molar-refractivity contribution in [2.75, 3.05) is 31.2 Å². The van der Waals surface area contributed by atoms with Gasteiger partial charge in [0.05, 0.1) is 11.4 Å². The van der Waals surface area contributed by atoms with Gasteiger partial charge in [-0.3, -0.25) is 0 Å². The van der Waals surface area contributed by atoms with Crippen LogP contribution >= 0.6 is 0 Å². The molecule has 0 amide bonds. The lowest BCUT2D eigenvalue weighted by atomic mass is 10.2. The first kappa shape index (κ1) is 15.3. The molecule has 0 atom stereocenters. The van der Waals surface area contributed by atoms with Crippen molar-refractivity contribution in [1.82, 2.24) is 4.90 Å². The fourth-order valence-electron chi connectivity index (χ4n) is 2.23. The molecule has 2 aromatic rings. The maximum absolute atomic E-state index is 13.1. The number of halogens is 1. The molecule has 0 heterocycles. The third kappa shape index (κ3) is 5.08. The van der Waals surface area contributed by atoms with Crippen molar-refractivity contribution in [1.29, 1.82) is 0 Å². The average Bonchev–Trinajstić information content (AvgIpc) is 2.48. The first-order chi connectivity index (χ1) is 10.1. The fourth-order valence-corrected chi connectivity index (χ4v) is 2.23. The zero-order chi connectivity index (χ0) is 15.1. The highest BCUT2D eigenvalue weighted by Crippen LogP contribution is 2.18. The van der Waals surface area contributed by atoms with Crippen LogP contribution in [0.1, 0.15) is 12.0 Å². The summed E-state index contributed by atoms with van der Waals surface area (Å²) < 4.78 is 13.1. The van der Waals surface area contributed by atoms with E-state index in [-0.39, 0.29) is 5.82 Å². The zero-order valence-corrected chi connectivity index (χ0v) is 12.3. The molecule has 0 saturated carbocycles. The van der Waals surface area contributed by atoms with E-state index in [9.17, 15) is 4.39 Å². The standard InChI is InChI=1S/C17H22FN3/c1-21(13-14-6-3-2-4-7-14)11-5-10-20-17-12-15(18)8-9-16(17)19/h2-4,6-9,12,20H,5,10-11,13,19H2,1H3. The number of hydrogen-bond acceptors (Lipinski definition) is 3. The molecule has 0 saturated heterocycles. The minimum Gasteiger partial charge on any atom is -0.397 e. The van der Waals surface area contributed by atoms with Crippen LogP contribution in [0.15, 0.2) is 48.5 Å². The van der Waals surface area contributed by atoms with Crippen LogP contribution in [0, 0.1) is 5.82 Å². The van der Waals surface area contributed by atoms with Gasteiger partial charge in [-0.2, -0.15) is 0 Å². The maximum atomic E-state index is 13.1. The Kier molecular flexibility index (Phi) is 5.58. The summed E-state index contributed by atoms with van der Waals surface area (Å²) in [6, 6.07) is 14.8. The van der Waals surface area contributed by atoms with Crippen LogP contribution in [0.3, 0.4) is 0 Å². The molecule has 0 bridgehead atoms. The number of benzene rings is 2. The van der Waals surface area contributed by atoms with E-state index in [1.54, 1.807) is 6.07 Å². The van der Waals surface area contributed by atoms with Gasteiger partial charge in [0.25, 0.3) is 0 Å². The molecule has 112 valence electrons. The highest BCUT2D eigenvalue weighted by atomic mass is 19.1. The van der Waals surface area contributed by atoms with Crippen molar-refractivity contribution in [3.63, 3.8) is 0 Å². The predicted octanol–water partition coefficient (Wildman–Crippen LogP) is 3.34. The lowest BCUT2D eigenvalue weighted by Crippen LogP contribution is -2.21. The number of nitrogens with two attached hydrogens (primary N) is 1. The molecule has 0 aromatic heterocycles. The number of nitrogens with zero attached hydrogens (tertiary/aromatic N) is 1. The molecule has 0 radical (unpaired) electrons. The molecule has 3 N–H and O–H groups in total. The molecule has 0 aliphatic carbocycles. The van der Waals surface area contributed by atoms with Crippen LogP contribution in [-0.4, -0.2) is 25.0 Å². The normalized spacial score (nSPS) is 10.8. The second-order valence-electron chi connectivity index (χ2n) is 5.24. The summed E-state index contributed by atoms with van der Waals surface area (Å²) in [4.78, 5) is 2.27. The van der Waals surface area contributed by atoms with Gasteiger partial charge in [-0.05, 0) is 43.8 Å². The monoisotopic (exact) mass is 287 g/mol. The van der Waals surface area contributed by atoms with Crippen molar-refractivity contribution in [3.05, 3.63) is 59.9 Å². The highest BCUT2D eigenvalue weighted by molar-refractivity contribution is 5.65. The summed E-state index contributed by atoms with van der Waals surface area (Å²) in [5.41, 5.74) is 8.35. The molecule has 0 fully saturated rings. The minimum atomic E-state index is -0.270. The summed E-state index contributed by atoms with van der Waals surface area (Å²) in [6.07, 6.45) is 0.972. The summed E-state index contributed by atoms with van der Waals surface area (Å²) in [5, 5.41) is 3.18. The lowest BCUT2D eigenvalue weighted by molar-refractivity contribution is 0.325. The third-order valence-electron chi connectivity index (χ3n) is 3.34. The first-order valence-electron chi connectivity index (χ1n) is 7.16. The summed E-state index contributed by atoms with van der Waals surface area (Å²) in [7, 11) is 2.10. The zero-order valence-electron chi connectivity index (χ0n) is 12.3. The molecular formula is C17H22FN3. The summed E-state index contributed by atoms with van der Waals surface area (Å²) in [5.74, 6) is -0.270. The third-order valence-corrected chi connectivity index (χ3v) is 3.34. The molecule has 2 aromatic carbocycles. The van der Waals surface area contributed by atoms with Gasteiger partial charge in [-0.1, -0.05) is 30.3 Å². The fraction of sp³-hybridized carbons (Fsp3) is 0.294. The summed E-state index contributed by atoms with van der Waals surface area (Å²) in [6.45, 7) is 2.67. The van der Waals surface area contributed by atoms with E-state index in [0.29, 0.717) is 11.4 Å². The quantitative estimate of drug-likeness (QED) is 0.606. The molecule has 4 heteroatoms. The minimum absolute atomic E-state index is 0.270. The number of anilines is 2. The Morgan fingerprint density at radius 3 is 2.67 bits per heavy atom. The Morgan fingerprint density at radius 1 is 1.14 bits per heavy atom.